The Kier molecular flexibility index (Phi) is 6.19. The fourth-order valence-corrected chi connectivity index (χ4v) is 15.0. The van der Waals surface area contributed by atoms with Crippen LogP contribution in [-0.2, 0) is 9.53 Å². The molecule has 1 rings (SSSR count). The fraction of sp³-hybridized carbons (Fsp3) is 0.909. The Morgan fingerprint density at radius 2 is 1.61 bits per heavy atom. The molecule has 4 nitrogen and oxygen atoms in total. The van der Waals surface area contributed by atoms with E-state index in [4.69, 9.17) is 5.11 Å². The molecule has 2 unspecified atom stereocenters. The van der Waals surface area contributed by atoms with Crippen LogP contribution in [0.2, 0.25) is 0 Å². The predicted octanol–water partition coefficient (Wildman–Crippen LogP) is 2.89. The van der Waals surface area contributed by atoms with E-state index in [1.54, 1.807) is 9.86 Å². The van der Waals surface area contributed by atoms with E-state index in [1.807, 2.05) is 4.93 Å². The number of rotatable bonds is 5. The summed E-state index contributed by atoms with van der Waals surface area (Å²) in [7, 11) is 0. The van der Waals surface area contributed by atoms with Crippen LogP contribution < -0.4 is 3.53 Å². The van der Waals surface area contributed by atoms with E-state index in [9.17, 15) is 31.1 Å². The van der Waals surface area contributed by atoms with Gasteiger partial charge in [-0.25, -0.2) is 0 Å². The summed E-state index contributed by atoms with van der Waals surface area (Å²) in [5.74, 6) is -1.11. The third kappa shape index (κ3) is 3.99. The zero-order chi connectivity index (χ0) is 18.4. The molecule has 0 spiro atoms. The Labute approximate surface area is 143 Å². The molecule has 0 aromatic carbocycles. The molecule has 1 aliphatic heterocycles. The topological polar surface area (TPSA) is 68.5 Å². The molecule has 23 heavy (non-hydrogen) atoms. The first-order valence-electron chi connectivity index (χ1n) is 5.97. The Morgan fingerprint density at radius 1 is 1.22 bits per heavy atom. The molecule has 2 N–H and O–H groups in total. The number of nitrogens with one attached hydrogen (secondary N) is 1. The normalized spacial score (nSPS) is 24.0. The summed E-state index contributed by atoms with van der Waals surface area (Å²) in [6, 6.07) is 0. The van der Waals surface area contributed by atoms with Gasteiger partial charge in [-0.15, -0.1) is 0 Å². The van der Waals surface area contributed by atoms with E-state index in [-0.39, 0.29) is 4.05 Å². The van der Waals surface area contributed by atoms with E-state index in [2.05, 4.69) is 8.27 Å². The van der Waals surface area contributed by atoms with E-state index in [0.717, 1.165) is 0 Å². The molecule has 1 fully saturated rings. The van der Waals surface area contributed by atoms with Crippen LogP contribution >= 0.6 is 39.9 Å². The van der Waals surface area contributed by atoms with Crippen LogP contribution in [0.5, 0.6) is 0 Å². The number of esters is 1. The first-order valence-corrected chi connectivity index (χ1v) is 15.8. The summed E-state index contributed by atoms with van der Waals surface area (Å²) in [6.45, 7) is -0.678. The van der Waals surface area contributed by atoms with Crippen molar-refractivity contribution in [2.24, 2.45) is 0 Å². The van der Waals surface area contributed by atoms with E-state index in [0.29, 0.717) is 0 Å². The van der Waals surface area contributed by atoms with Crippen molar-refractivity contribution in [3.63, 3.8) is 0 Å². The molecule has 0 aliphatic carbocycles. The molecule has 1 saturated heterocycles. The van der Waals surface area contributed by atoms with Gasteiger partial charge in [0, 0.05) is 0 Å². The van der Waals surface area contributed by atoms with Crippen LogP contribution in [0.3, 0.4) is 0 Å². The number of carbonyl (C=O) groups is 1. The van der Waals surface area contributed by atoms with Gasteiger partial charge >= 0.3 is 144 Å². The van der Waals surface area contributed by atoms with Crippen LogP contribution in [0.25, 0.3) is 0 Å². The minimum atomic E-state index is -6.00. The maximum absolute atomic E-state index is 12.6. The number of aliphatic hydroxyl groups is 1. The van der Waals surface area contributed by atoms with Crippen LogP contribution in [0.4, 0.5) is 26.3 Å². The molecule has 0 aromatic rings. The SMILES string of the molecule is CI1NC1C(C)(C(=O)OCC(O)(C(F)(F)F)C(F)(F)F)I(C)C. The van der Waals surface area contributed by atoms with Crippen LogP contribution in [-0.4, -0.2) is 57.9 Å². The maximum atomic E-state index is 12.6. The van der Waals surface area contributed by atoms with Gasteiger partial charge in [-0.3, -0.25) is 0 Å². The second kappa shape index (κ2) is 6.63. The average molecular weight is 579 g/mol. The average Bonchev–Trinajstić information content (AvgIpc) is 3.08. The summed E-state index contributed by atoms with van der Waals surface area (Å²) in [6.07, 6.45) is -12.0. The van der Waals surface area contributed by atoms with E-state index in [1.165, 1.54) is 6.92 Å². The number of halogens is 8. The van der Waals surface area contributed by atoms with Gasteiger partial charge in [-0.2, -0.15) is 0 Å². The van der Waals surface area contributed by atoms with Gasteiger partial charge in [0.15, 0.2) is 0 Å². The monoisotopic (exact) mass is 579 g/mol. The Hall–Kier alpha value is 0.430. The first kappa shape index (κ1) is 21.5. The molecule has 2 atom stereocenters. The van der Waals surface area contributed by atoms with Crippen molar-refractivity contribution in [1.82, 2.24) is 3.53 Å². The van der Waals surface area contributed by atoms with Crippen LogP contribution in [0, 0.1) is 0 Å². The van der Waals surface area contributed by atoms with Gasteiger partial charge in [0.05, 0.1) is 0 Å². The molecule has 1 heterocycles. The van der Waals surface area contributed by atoms with Crippen molar-refractivity contribution in [2.45, 2.75) is 32.3 Å². The van der Waals surface area contributed by atoms with Crippen LogP contribution in [0.15, 0.2) is 0 Å². The van der Waals surface area contributed by atoms with Crippen molar-refractivity contribution in [3.8, 4) is 0 Å². The molecule has 12 heteroatoms. The number of ether oxygens (including phenoxy) is 1. The zero-order valence-electron chi connectivity index (χ0n) is 12.6. The number of alkyl halides is 11. The summed E-state index contributed by atoms with van der Waals surface area (Å²) >= 11 is -3.55. The number of hydrogen-bond acceptors (Lipinski definition) is 4. The molecular formula is C11H17F6I2NO3. The van der Waals surface area contributed by atoms with E-state index >= 15 is 0 Å². The second-order valence-corrected chi connectivity index (χ2v) is 16.6. The van der Waals surface area contributed by atoms with Crippen molar-refractivity contribution in [3.05, 3.63) is 0 Å². The van der Waals surface area contributed by atoms with Gasteiger partial charge in [0.2, 0.25) is 0 Å². The summed E-state index contributed by atoms with van der Waals surface area (Å²) < 4.78 is 81.6. The molecular weight excluding hydrogens is 562 g/mol. The fourth-order valence-electron chi connectivity index (χ4n) is 1.62. The van der Waals surface area contributed by atoms with Gasteiger partial charge < -0.3 is 0 Å². The summed E-state index contributed by atoms with van der Waals surface area (Å²) in [5.41, 5.74) is -5.07. The predicted molar refractivity (Wildman–Crippen MR) is 89.2 cm³/mol. The molecule has 1 aliphatic rings. The molecule has 0 aromatic heterocycles. The molecule has 0 saturated carbocycles. The van der Waals surface area contributed by atoms with Crippen molar-refractivity contribution < 1.29 is 41.0 Å². The number of carbonyl (C=O) groups excluding carboxylic acids is 1. The molecule has 0 bridgehead atoms. The molecule has 0 amide bonds. The number of hydrogen-bond donors (Lipinski definition) is 2. The first-order chi connectivity index (χ1) is 10.1. The van der Waals surface area contributed by atoms with Gasteiger partial charge in [0.1, 0.15) is 0 Å². The van der Waals surface area contributed by atoms with Gasteiger partial charge in [-0.05, 0) is 0 Å². The third-order valence-electron chi connectivity index (χ3n) is 3.56. The summed E-state index contributed by atoms with van der Waals surface area (Å²) in [5, 5.41) is 9.02. The molecule has 0 radical (unpaired) electrons. The molecule has 140 valence electrons. The van der Waals surface area contributed by atoms with Gasteiger partial charge in [-0.1, -0.05) is 0 Å². The standard InChI is InChI=1S/C11H17F6I2NO3/c1-8(18(2)3,6-19(4)20-6)7(21)23-5-9(22,10(12,13)14)11(15,16)17/h6,20,22H,5H2,1-4H3. The third-order valence-corrected chi connectivity index (χ3v) is 14.7. The van der Waals surface area contributed by atoms with Crippen molar-refractivity contribution in [2.75, 3.05) is 21.4 Å². The van der Waals surface area contributed by atoms with Crippen molar-refractivity contribution in [1.29, 1.82) is 0 Å². The quantitative estimate of drug-likeness (QED) is 0.100. The summed E-state index contributed by atoms with van der Waals surface area (Å²) in [4.78, 5) is 17.7. The second-order valence-electron chi connectivity index (χ2n) is 5.25. The Balaban J connectivity index is 2.96. The van der Waals surface area contributed by atoms with Gasteiger partial charge in [0.25, 0.3) is 0 Å². The zero-order valence-corrected chi connectivity index (χ0v) is 16.9. The van der Waals surface area contributed by atoms with E-state index < -0.39 is 73.9 Å². The van der Waals surface area contributed by atoms with Crippen molar-refractivity contribution >= 4 is 45.9 Å². The Morgan fingerprint density at radius 3 is 1.87 bits per heavy atom. The minimum absolute atomic E-state index is 0.190. The van der Waals surface area contributed by atoms with Crippen LogP contribution in [0.1, 0.15) is 6.92 Å². The Bertz CT molecular complexity index is 456.